The van der Waals surface area contributed by atoms with Crippen LogP contribution < -0.4 is 10.5 Å². The van der Waals surface area contributed by atoms with Gasteiger partial charge in [-0.2, -0.15) is 0 Å². The first-order chi connectivity index (χ1) is 7.66. The van der Waals surface area contributed by atoms with E-state index in [2.05, 4.69) is 0 Å². The summed E-state index contributed by atoms with van der Waals surface area (Å²) in [4.78, 5) is 11.7. The average molecular weight is 254 g/mol. The van der Waals surface area contributed by atoms with Crippen LogP contribution in [0.3, 0.4) is 0 Å². The molecule has 2 aromatic rings. The van der Waals surface area contributed by atoms with E-state index in [1.165, 1.54) is 11.3 Å². The van der Waals surface area contributed by atoms with Crippen molar-refractivity contribution in [2.75, 3.05) is 5.73 Å². The van der Waals surface area contributed by atoms with Crippen LogP contribution in [0.4, 0.5) is 5.00 Å². The molecule has 0 saturated carbocycles. The smallest absolute Gasteiger partial charge is 0.346 e. The molecule has 0 unspecified atom stereocenters. The van der Waals surface area contributed by atoms with E-state index in [-0.39, 0.29) is 0 Å². The molecule has 1 heterocycles. The van der Waals surface area contributed by atoms with Crippen molar-refractivity contribution >= 4 is 33.9 Å². The Morgan fingerprint density at radius 2 is 1.94 bits per heavy atom. The van der Waals surface area contributed by atoms with Gasteiger partial charge in [-0.05, 0) is 35.7 Å². The van der Waals surface area contributed by atoms with Gasteiger partial charge in [0.2, 0.25) is 0 Å². The monoisotopic (exact) mass is 253 g/mol. The van der Waals surface area contributed by atoms with Crippen LogP contribution in [-0.4, -0.2) is 5.97 Å². The normalized spacial score (nSPS) is 10.1. The van der Waals surface area contributed by atoms with Crippen molar-refractivity contribution in [3.05, 3.63) is 46.3 Å². The first-order valence-corrected chi connectivity index (χ1v) is 5.73. The third-order valence-electron chi connectivity index (χ3n) is 1.94. The summed E-state index contributed by atoms with van der Waals surface area (Å²) in [6.07, 6.45) is 0. The molecule has 2 rings (SSSR count). The second kappa shape index (κ2) is 4.55. The molecule has 1 aromatic heterocycles. The van der Waals surface area contributed by atoms with E-state index in [1.807, 2.05) is 0 Å². The molecule has 0 saturated heterocycles. The van der Waals surface area contributed by atoms with Crippen LogP contribution in [-0.2, 0) is 0 Å². The number of nitrogens with two attached hydrogens (primary N) is 1. The second-order valence-corrected chi connectivity index (χ2v) is 4.43. The highest BCUT2D eigenvalue weighted by Crippen LogP contribution is 2.22. The number of carbonyl (C=O) groups excluding carboxylic acids is 1. The third-order valence-corrected chi connectivity index (χ3v) is 2.94. The molecule has 0 fully saturated rings. The minimum Gasteiger partial charge on any atom is -0.423 e. The number of carbonyl (C=O) groups is 1. The standard InChI is InChI=1S/C11H8ClNO2S/c12-7-1-3-8(4-2-7)15-11(14)9-5-6-16-10(9)13/h1-6H,13H2. The maximum Gasteiger partial charge on any atom is 0.346 e. The zero-order chi connectivity index (χ0) is 11.5. The first kappa shape index (κ1) is 11.0. The molecule has 0 spiro atoms. The maximum absolute atomic E-state index is 11.7. The number of anilines is 1. The Morgan fingerprint density at radius 3 is 2.50 bits per heavy atom. The van der Waals surface area contributed by atoms with Crippen LogP contribution in [0.5, 0.6) is 5.75 Å². The summed E-state index contributed by atoms with van der Waals surface area (Å²) < 4.78 is 5.12. The lowest BCUT2D eigenvalue weighted by atomic mass is 10.3. The Kier molecular flexibility index (Phi) is 3.12. The SMILES string of the molecule is Nc1sccc1C(=O)Oc1ccc(Cl)cc1. The van der Waals surface area contributed by atoms with Crippen LogP contribution in [0, 0.1) is 0 Å². The van der Waals surface area contributed by atoms with Crippen molar-refractivity contribution in [3.8, 4) is 5.75 Å². The molecule has 0 bridgehead atoms. The summed E-state index contributed by atoms with van der Waals surface area (Å²) in [5.41, 5.74) is 6.00. The van der Waals surface area contributed by atoms with Gasteiger partial charge in [0.25, 0.3) is 0 Å². The summed E-state index contributed by atoms with van der Waals surface area (Å²) in [7, 11) is 0. The van der Waals surface area contributed by atoms with E-state index in [0.717, 1.165) is 0 Å². The van der Waals surface area contributed by atoms with E-state index >= 15 is 0 Å². The van der Waals surface area contributed by atoms with Gasteiger partial charge < -0.3 is 10.5 Å². The van der Waals surface area contributed by atoms with E-state index in [0.29, 0.717) is 21.3 Å². The van der Waals surface area contributed by atoms with Gasteiger partial charge in [0.05, 0.1) is 5.56 Å². The summed E-state index contributed by atoms with van der Waals surface area (Å²) >= 11 is 7.02. The van der Waals surface area contributed by atoms with Crippen molar-refractivity contribution in [2.24, 2.45) is 0 Å². The van der Waals surface area contributed by atoms with Crippen LogP contribution in [0.1, 0.15) is 10.4 Å². The average Bonchev–Trinajstić information content (AvgIpc) is 2.68. The highest BCUT2D eigenvalue weighted by molar-refractivity contribution is 7.14. The topological polar surface area (TPSA) is 52.3 Å². The zero-order valence-electron chi connectivity index (χ0n) is 8.14. The van der Waals surface area contributed by atoms with Crippen LogP contribution in [0.15, 0.2) is 35.7 Å². The van der Waals surface area contributed by atoms with Crippen molar-refractivity contribution in [1.29, 1.82) is 0 Å². The molecule has 82 valence electrons. The molecule has 0 amide bonds. The molecule has 3 nitrogen and oxygen atoms in total. The zero-order valence-corrected chi connectivity index (χ0v) is 9.72. The summed E-state index contributed by atoms with van der Waals surface area (Å²) in [5, 5.41) is 2.79. The molecule has 16 heavy (non-hydrogen) atoms. The lowest BCUT2D eigenvalue weighted by Crippen LogP contribution is -2.09. The number of nitrogen functional groups attached to an aromatic ring is 1. The van der Waals surface area contributed by atoms with Gasteiger partial charge in [0.1, 0.15) is 10.8 Å². The Labute approximate surface area is 101 Å². The van der Waals surface area contributed by atoms with Crippen molar-refractivity contribution in [1.82, 2.24) is 0 Å². The largest absolute Gasteiger partial charge is 0.423 e. The lowest BCUT2D eigenvalue weighted by Gasteiger charge is -2.03. The third kappa shape index (κ3) is 2.35. The number of halogens is 1. The number of thiophene rings is 1. The molecule has 0 radical (unpaired) electrons. The lowest BCUT2D eigenvalue weighted by molar-refractivity contribution is 0.0736. The number of rotatable bonds is 2. The fourth-order valence-electron chi connectivity index (χ4n) is 1.15. The fraction of sp³-hybridized carbons (Fsp3) is 0. The Bertz CT molecular complexity index is 507. The number of hydrogen-bond acceptors (Lipinski definition) is 4. The number of ether oxygens (including phenoxy) is 1. The number of benzene rings is 1. The molecule has 1 aromatic carbocycles. The quantitative estimate of drug-likeness (QED) is 0.661. The number of hydrogen-bond donors (Lipinski definition) is 1. The highest BCUT2D eigenvalue weighted by Gasteiger charge is 2.12. The van der Waals surface area contributed by atoms with Crippen LogP contribution >= 0.6 is 22.9 Å². The minimum absolute atomic E-state index is 0.389. The fourth-order valence-corrected chi connectivity index (χ4v) is 1.91. The van der Waals surface area contributed by atoms with Crippen molar-refractivity contribution in [3.63, 3.8) is 0 Å². The van der Waals surface area contributed by atoms with E-state index < -0.39 is 5.97 Å². The van der Waals surface area contributed by atoms with E-state index in [4.69, 9.17) is 22.1 Å². The van der Waals surface area contributed by atoms with Crippen LogP contribution in [0.25, 0.3) is 0 Å². The molecule has 5 heteroatoms. The van der Waals surface area contributed by atoms with Crippen molar-refractivity contribution < 1.29 is 9.53 Å². The molecule has 2 N–H and O–H groups in total. The summed E-state index contributed by atoms with van der Waals surface area (Å²) in [6.45, 7) is 0. The Hall–Kier alpha value is -1.52. The van der Waals surface area contributed by atoms with Crippen molar-refractivity contribution in [2.45, 2.75) is 0 Å². The predicted octanol–water partition coefficient (Wildman–Crippen LogP) is 3.20. The predicted molar refractivity (Wildman–Crippen MR) is 65.1 cm³/mol. The van der Waals surface area contributed by atoms with Gasteiger partial charge in [0, 0.05) is 5.02 Å². The van der Waals surface area contributed by atoms with Gasteiger partial charge in [-0.1, -0.05) is 11.6 Å². The van der Waals surface area contributed by atoms with Gasteiger partial charge >= 0.3 is 5.97 Å². The van der Waals surface area contributed by atoms with Gasteiger partial charge in [-0.15, -0.1) is 11.3 Å². The van der Waals surface area contributed by atoms with Gasteiger partial charge in [-0.3, -0.25) is 0 Å². The second-order valence-electron chi connectivity index (χ2n) is 3.04. The number of esters is 1. The first-order valence-electron chi connectivity index (χ1n) is 4.47. The molecule has 0 aliphatic rings. The molecular formula is C11H8ClNO2S. The molecular weight excluding hydrogens is 246 g/mol. The Morgan fingerprint density at radius 1 is 1.25 bits per heavy atom. The van der Waals surface area contributed by atoms with Crippen LogP contribution in [0.2, 0.25) is 5.02 Å². The highest BCUT2D eigenvalue weighted by atomic mass is 35.5. The molecule has 0 aliphatic heterocycles. The van der Waals surface area contributed by atoms with E-state index in [1.54, 1.807) is 35.7 Å². The van der Waals surface area contributed by atoms with Gasteiger partial charge in [-0.25, -0.2) is 4.79 Å². The minimum atomic E-state index is -0.457. The molecule has 0 atom stereocenters. The maximum atomic E-state index is 11.7. The summed E-state index contributed by atoms with van der Waals surface area (Å²) in [6, 6.07) is 8.20. The summed E-state index contributed by atoms with van der Waals surface area (Å²) in [5.74, 6) is -0.0129. The Balaban J connectivity index is 2.14. The van der Waals surface area contributed by atoms with Gasteiger partial charge in [0.15, 0.2) is 0 Å². The van der Waals surface area contributed by atoms with E-state index in [9.17, 15) is 4.79 Å². The molecule has 0 aliphatic carbocycles.